The van der Waals surface area contributed by atoms with Crippen LogP contribution in [0.3, 0.4) is 0 Å². The highest BCUT2D eigenvalue weighted by Crippen LogP contribution is 2.34. The molecule has 0 radical (unpaired) electrons. The minimum Gasteiger partial charge on any atom is -0.481 e. The highest BCUT2D eigenvalue weighted by Gasteiger charge is 2.31. The number of carbonyl (C=O) groups is 1. The van der Waals surface area contributed by atoms with Gasteiger partial charge in [0.2, 0.25) is 0 Å². The van der Waals surface area contributed by atoms with Crippen molar-refractivity contribution in [3.8, 4) is 0 Å². The van der Waals surface area contributed by atoms with Gasteiger partial charge in [0.15, 0.2) is 5.15 Å². The molecule has 104 valence electrons. The van der Waals surface area contributed by atoms with Crippen molar-refractivity contribution in [3.05, 3.63) is 52.6 Å². The first-order valence-electron chi connectivity index (χ1n) is 6.68. The molecule has 1 aliphatic rings. The Morgan fingerprint density at radius 3 is 2.85 bits per heavy atom. The minimum absolute atomic E-state index is 0.336. The van der Waals surface area contributed by atoms with Gasteiger partial charge < -0.3 is 9.67 Å². The standard InChI is InChI=1S/C15H15ClN2O2/c16-14-13-11(15(19)20)7-4-8-18(13)12(17-14)9-10-5-2-1-3-6-10/h1-3,5-6,11H,4,7-9H2,(H,19,20). The summed E-state index contributed by atoms with van der Waals surface area (Å²) < 4.78 is 1.98. The van der Waals surface area contributed by atoms with E-state index in [1.54, 1.807) is 0 Å². The van der Waals surface area contributed by atoms with Crippen molar-refractivity contribution in [2.24, 2.45) is 0 Å². The van der Waals surface area contributed by atoms with Crippen molar-refractivity contribution in [1.29, 1.82) is 0 Å². The second-order valence-electron chi connectivity index (χ2n) is 5.05. The Hall–Kier alpha value is -1.81. The lowest BCUT2D eigenvalue weighted by Gasteiger charge is -2.22. The molecule has 1 aliphatic heterocycles. The lowest BCUT2D eigenvalue weighted by Crippen LogP contribution is -2.23. The summed E-state index contributed by atoms with van der Waals surface area (Å²) in [4.78, 5) is 15.7. The van der Waals surface area contributed by atoms with Gasteiger partial charge in [-0.2, -0.15) is 0 Å². The summed E-state index contributed by atoms with van der Waals surface area (Å²) in [6, 6.07) is 10.0. The van der Waals surface area contributed by atoms with Gasteiger partial charge in [-0.3, -0.25) is 4.79 Å². The summed E-state index contributed by atoms with van der Waals surface area (Å²) >= 11 is 6.17. The van der Waals surface area contributed by atoms with Gasteiger partial charge in [0.25, 0.3) is 0 Å². The van der Waals surface area contributed by atoms with Crippen molar-refractivity contribution >= 4 is 17.6 Å². The molecule has 0 amide bonds. The number of imidazole rings is 1. The molecule has 2 heterocycles. The van der Waals surface area contributed by atoms with Crippen LogP contribution in [0.25, 0.3) is 0 Å². The van der Waals surface area contributed by atoms with Gasteiger partial charge in [-0.25, -0.2) is 4.98 Å². The Morgan fingerprint density at radius 1 is 1.40 bits per heavy atom. The van der Waals surface area contributed by atoms with Crippen LogP contribution in [0.4, 0.5) is 0 Å². The fourth-order valence-electron chi connectivity index (χ4n) is 2.81. The maximum atomic E-state index is 11.3. The maximum Gasteiger partial charge on any atom is 0.312 e. The highest BCUT2D eigenvalue weighted by molar-refractivity contribution is 6.30. The summed E-state index contributed by atoms with van der Waals surface area (Å²) in [6.45, 7) is 0.793. The molecule has 1 unspecified atom stereocenters. The predicted octanol–water partition coefficient (Wildman–Crippen LogP) is 3.09. The zero-order chi connectivity index (χ0) is 14.1. The Labute approximate surface area is 122 Å². The molecule has 1 aromatic carbocycles. The Bertz CT molecular complexity index is 637. The Morgan fingerprint density at radius 2 is 2.15 bits per heavy atom. The molecule has 0 saturated heterocycles. The van der Waals surface area contributed by atoms with E-state index in [9.17, 15) is 9.90 Å². The van der Waals surface area contributed by atoms with E-state index in [-0.39, 0.29) is 0 Å². The molecule has 0 fully saturated rings. The van der Waals surface area contributed by atoms with Gasteiger partial charge in [-0.05, 0) is 18.4 Å². The predicted molar refractivity (Wildman–Crippen MR) is 76.1 cm³/mol. The molecule has 1 atom stereocenters. The number of aliphatic carboxylic acids is 1. The summed E-state index contributed by atoms with van der Waals surface area (Å²) in [5.74, 6) is -0.505. The minimum atomic E-state index is -0.820. The van der Waals surface area contributed by atoms with Crippen LogP contribution in [-0.4, -0.2) is 20.6 Å². The molecule has 0 saturated carbocycles. The quantitative estimate of drug-likeness (QED) is 0.945. The molecule has 0 aliphatic carbocycles. The number of halogens is 1. The van der Waals surface area contributed by atoms with E-state index in [1.165, 1.54) is 0 Å². The number of rotatable bonds is 3. The van der Waals surface area contributed by atoms with Crippen molar-refractivity contribution < 1.29 is 9.90 Å². The molecule has 1 N–H and O–H groups in total. The maximum absolute atomic E-state index is 11.3. The number of carboxylic acids is 1. The van der Waals surface area contributed by atoms with E-state index in [0.29, 0.717) is 23.7 Å². The van der Waals surface area contributed by atoms with E-state index in [0.717, 1.165) is 24.4 Å². The van der Waals surface area contributed by atoms with Crippen molar-refractivity contribution in [3.63, 3.8) is 0 Å². The summed E-state index contributed by atoms with van der Waals surface area (Å²) in [5.41, 5.74) is 1.81. The number of nitrogens with zero attached hydrogens (tertiary/aromatic N) is 2. The Kier molecular flexibility index (Phi) is 3.49. The first kappa shape index (κ1) is 13.2. The third-order valence-electron chi connectivity index (χ3n) is 3.75. The smallest absolute Gasteiger partial charge is 0.312 e. The molecular weight excluding hydrogens is 276 g/mol. The second kappa shape index (κ2) is 5.29. The number of fused-ring (bicyclic) bond motifs is 1. The van der Waals surface area contributed by atoms with Gasteiger partial charge in [0.1, 0.15) is 11.7 Å². The van der Waals surface area contributed by atoms with Gasteiger partial charge in [-0.1, -0.05) is 41.9 Å². The summed E-state index contributed by atoms with van der Waals surface area (Å²) in [7, 11) is 0. The van der Waals surface area contributed by atoms with Crippen LogP contribution in [0, 0.1) is 0 Å². The van der Waals surface area contributed by atoms with Gasteiger partial charge in [-0.15, -0.1) is 0 Å². The number of aromatic nitrogens is 2. The molecule has 0 spiro atoms. The molecule has 4 nitrogen and oxygen atoms in total. The van der Waals surface area contributed by atoms with Crippen LogP contribution in [0.5, 0.6) is 0 Å². The van der Waals surface area contributed by atoms with E-state index in [4.69, 9.17) is 11.6 Å². The van der Waals surface area contributed by atoms with Crippen LogP contribution >= 0.6 is 11.6 Å². The first-order valence-corrected chi connectivity index (χ1v) is 7.06. The molecule has 20 heavy (non-hydrogen) atoms. The third kappa shape index (κ3) is 2.31. The molecule has 3 rings (SSSR count). The van der Waals surface area contributed by atoms with Crippen molar-refractivity contribution in [2.45, 2.75) is 31.7 Å². The largest absolute Gasteiger partial charge is 0.481 e. The van der Waals surface area contributed by atoms with E-state index in [2.05, 4.69) is 4.98 Å². The van der Waals surface area contributed by atoms with Crippen LogP contribution in [-0.2, 0) is 17.8 Å². The van der Waals surface area contributed by atoms with E-state index in [1.807, 2.05) is 34.9 Å². The fraction of sp³-hybridized carbons (Fsp3) is 0.333. The van der Waals surface area contributed by atoms with E-state index >= 15 is 0 Å². The zero-order valence-corrected chi connectivity index (χ0v) is 11.7. The number of hydrogen-bond acceptors (Lipinski definition) is 2. The lowest BCUT2D eigenvalue weighted by molar-refractivity contribution is -0.139. The van der Waals surface area contributed by atoms with Crippen LogP contribution in [0.2, 0.25) is 5.15 Å². The zero-order valence-electron chi connectivity index (χ0n) is 10.9. The Balaban J connectivity index is 1.98. The van der Waals surface area contributed by atoms with E-state index < -0.39 is 11.9 Å². The average Bonchev–Trinajstić information content (AvgIpc) is 2.77. The third-order valence-corrected chi connectivity index (χ3v) is 4.03. The van der Waals surface area contributed by atoms with Gasteiger partial charge >= 0.3 is 5.97 Å². The van der Waals surface area contributed by atoms with Gasteiger partial charge in [0, 0.05) is 13.0 Å². The molecule has 5 heteroatoms. The number of carboxylic acid groups (broad SMARTS) is 1. The fourth-order valence-corrected chi connectivity index (χ4v) is 3.14. The van der Waals surface area contributed by atoms with Gasteiger partial charge in [0.05, 0.1) is 5.69 Å². The van der Waals surface area contributed by atoms with Crippen LogP contribution in [0.1, 0.15) is 35.8 Å². The van der Waals surface area contributed by atoms with Crippen LogP contribution in [0.15, 0.2) is 30.3 Å². The first-order chi connectivity index (χ1) is 9.66. The summed E-state index contributed by atoms with van der Waals surface area (Å²) in [6.07, 6.45) is 2.15. The second-order valence-corrected chi connectivity index (χ2v) is 5.41. The average molecular weight is 291 g/mol. The monoisotopic (exact) mass is 290 g/mol. The van der Waals surface area contributed by atoms with Crippen LogP contribution < -0.4 is 0 Å². The normalized spacial score (nSPS) is 17.8. The summed E-state index contributed by atoms with van der Waals surface area (Å²) in [5, 5.41) is 9.64. The van der Waals surface area contributed by atoms with Crippen molar-refractivity contribution in [1.82, 2.24) is 9.55 Å². The van der Waals surface area contributed by atoms with Crippen molar-refractivity contribution in [2.75, 3.05) is 0 Å². The molecule has 2 aromatic rings. The molecule has 1 aromatic heterocycles. The molecule has 0 bridgehead atoms. The number of hydrogen-bond donors (Lipinski definition) is 1. The topological polar surface area (TPSA) is 55.1 Å². The molecular formula is C15H15ClN2O2. The lowest BCUT2D eigenvalue weighted by atomic mass is 9.96. The SMILES string of the molecule is O=C(O)C1CCCn2c(Cc3ccccc3)nc(Cl)c21. The number of benzene rings is 1. The highest BCUT2D eigenvalue weighted by atomic mass is 35.5.